The highest BCUT2D eigenvalue weighted by Crippen LogP contribution is 2.48. The summed E-state index contributed by atoms with van der Waals surface area (Å²) in [6, 6.07) is 14.3. The number of rotatable bonds is 8. The standard InChI is InChI=1S/C21H26N2OS/c1-2-3-4-5-6-9-14-23-17-10-7-8-11-19(17)25-20-15-16(21(22)24)12-13-18(20)23/h7-8,10-13,15H,2-6,9,14H2,1H3,(H2,22,24). The van der Waals surface area contributed by atoms with Gasteiger partial charge in [-0.05, 0) is 36.8 Å². The first-order valence-electron chi connectivity index (χ1n) is 9.19. The summed E-state index contributed by atoms with van der Waals surface area (Å²) in [5.74, 6) is -0.371. The number of benzene rings is 2. The summed E-state index contributed by atoms with van der Waals surface area (Å²) in [6.07, 6.45) is 7.71. The summed E-state index contributed by atoms with van der Waals surface area (Å²) in [5, 5.41) is 0. The van der Waals surface area contributed by atoms with Gasteiger partial charge in [-0.3, -0.25) is 4.79 Å². The lowest BCUT2D eigenvalue weighted by molar-refractivity contribution is 0.1000. The highest BCUT2D eigenvalue weighted by Gasteiger charge is 2.23. The summed E-state index contributed by atoms with van der Waals surface area (Å²) in [6.45, 7) is 3.26. The third kappa shape index (κ3) is 4.18. The molecule has 1 aliphatic heterocycles. The molecule has 1 heterocycles. The number of nitrogens with zero attached hydrogens (tertiary/aromatic N) is 1. The van der Waals surface area contributed by atoms with E-state index in [9.17, 15) is 4.79 Å². The molecule has 0 bridgehead atoms. The number of amides is 1. The Kier molecular flexibility index (Phi) is 6.03. The van der Waals surface area contributed by atoms with Crippen LogP contribution in [0.5, 0.6) is 0 Å². The highest BCUT2D eigenvalue weighted by molar-refractivity contribution is 7.99. The number of hydrogen-bond acceptors (Lipinski definition) is 3. The molecule has 0 atom stereocenters. The second kappa shape index (κ2) is 8.43. The van der Waals surface area contributed by atoms with Gasteiger partial charge in [0.2, 0.25) is 5.91 Å². The van der Waals surface area contributed by atoms with Crippen LogP contribution in [0.2, 0.25) is 0 Å². The zero-order valence-electron chi connectivity index (χ0n) is 14.8. The molecule has 0 aliphatic carbocycles. The maximum atomic E-state index is 11.5. The first-order valence-corrected chi connectivity index (χ1v) is 10.0. The van der Waals surface area contributed by atoms with Crippen molar-refractivity contribution in [1.82, 2.24) is 0 Å². The molecule has 1 aliphatic rings. The Morgan fingerprint density at radius 1 is 0.960 bits per heavy atom. The molecule has 0 radical (unpaired) electrons. The van der Waals surface area contributed by atoms with E-state index in [1.165, 1.54) is 54.8 Å². The summed E-state index contributed by atoms with van der Waals surface area (Å²) >= 11 is 1.72. The number of carbonyl (C=O) groups is 1. The minimum absolute atomic E-state index is 0.371. The van der Waals surface area contributed by atoms with Crippen molar-refractivity contribution in [3.05, 3.63) is 48.0 Å². The van der Waals surface area contributed by atoms with Crippen LogP contribution in [0.25, 0.3) is 0 Å². The van der Waals surface area contributed by atoms with Gasteiger partial charge in [0.05, 0.1) is 11.4 Å². The molecular weight excluding hydrogens is 328 g/mol. The Hall–Kier alpha value is -1.94. The Bertz CT molecular complexity index is 744. The number of fused-ring (bicyclic) bond motifs is 2. The van der Waals surface area contributed by atoms with Gasteiger partial charge >= 0.3 is 0 Å². The van der Waals surface area contributed by atoms with Crippen LogP contribution in [0, 0.1) is 0 Å². The van der Waals surface area contributed by atoms with Crippen molar-refractivity contribution < 1.29 is 4.79 Å². The SMILES string of the molecule is CCCCCCCCN1c2ccccc2Sc2cc(C(N)=O)ccc21. The van der Waals surface area contributed by atoms with Gasteiger partial charge in [-0.15, -0.1) is 0 Å². The number of primary amides is 1. The Labute approximate surface area is 154 Å². The molecule has 3 rings (SSSR count). The highest BCUT2D eigenvalue weighted by atomic mass is 32.2. The van der Waals surface area contributed by atoms with Crippen molar-refractivity contribution >= 4 is 29.0 Å². The van der Waals surface area contributed by atoms with E-state index >= 15 is 0 Å². The van der Waals surface area contributed by atoms with Gasteiger partial charge in [0.15, 0.2) is 0 Å². The predicted octanol–water partition coefficient (Wildman–Crippen LogP) is 5.75. The van der Waals surface area contributed by atoms with Gasteiger partial charge < -0.3 is 10.6 Å². The second-order valence-corrected chi connectivity index (χ2v) is 7.62. The monoisotopic (exact) mass is 354 g/mol. The van der Waals surface area contributed by atoms with Crippen molar-refractivity contribution in [2.45, 2.75) is 55.2 Å². The number of para-hydroxylation sites is 1. The predicted molar refractivity (Wildman–Crippen MR) is 106 cm³/mol. The van der Waals surface area contributed by atoms with Gasteiger partial charge in [0, 0.05) is 21.9 Å². The van der Waals surface area contributed by atoms with E-state index in [0.29, 0.717) is 5.56 Å². The average Bonchev–Trinajstić information content (AvgIpc) is 2.63. The minimum Gasteiger partial charge on any atom is -0.366 e. The Morgan fingerprint density at radius 3 is 2.48 bits per heavy atom. The van der Waals surface area contributed by atoms with Gasteiger partial charge in [0.25, 0.3) is 0 Å². The zero-order valence-corrected chi connectivity index (χ0v) is 15.6. The molecule has 0 saturated heterocycles. The minimum atomic E-state index is -0.371. The van der Waals surface area contributed by atoms with Crippen LogP contribution in [0.15, 0.2) is 52.3 Å². The van der Waals surface area contributed by atoms with E-state index in [1.54, 1.807) is 11.8 Å². The van der Waals surface area contributed by atoms with Gasteiger partial charge in [-0.1, -0.05) is 62.9 Å². The van der Waals surface area contributed by atoms with E-state index in [4.69, 9.17) is 5.73 Å². The van der Waals surface area contributed by atoms with Gasteiger partial charge in [-0.2, -0.15) is 0 Å². The number of anilines is 2. The zero-order chi connectivity index (χ0) is 17.6. The van der Waals surface area contributed by atoms with Crippen molar-refractivity contribution in [2.75, 3.05) is 11.4 Å². The molecule has 0 aromatic heterocycles. The molecule has 0 unspecified atom stereocenters. The van der Waals surface area contributed by atoms with Crippen LogP contribution in [0.1, 0.15) is 55.8 Å². The lowest BCUT2D eigenvalue weighted by atomic mass is 10.1. The van der Waals surface area contributed by atoms with E-state index in [2.05, 4.69) is 36.1 Å². The Morgan fingerprint density at radius 2 is 1.68 bits per heavy atom. The average molecular weight is 355 g/mol. The van der Waals surface area contributed by atoms with Crippen LogP contribution in [0.3, 0.4) is 0 Å². The maximum absolute atomic E-state index is 11.5. The molecule has 0 saturated carbocycles. The number of carbonyl (C=O) groups excluding carboxylic acids is 1. The van der Waals surface area contributed by atoms with Crippen molar-refractivity contribution in [2.24, 2.45) is 5.73 Å². The molecule has 3 nitrogen and oxygen atoms in total. The lowest BCUT2D eigenvalue weighted by Gasteiger charge is -2.33. The normalized spacial score (nSPS) is 12.6. The lowest BCUT2D eigenvalue weighted by Crippen LogP contribution is -2.22. The summed E-state index contributed by atoms with van der Waals surface area (Å²) < 4.78 is 0. The van der Waals surface area contributed by atoms with E-state index in [1.807, 2.05) is 18.2 Å². The smallest absolute Gasteiger partial charge is 0.248 e. The largest absolute Gasteiger partial charge is 0.366 e. The van der Waals surface area contributed by atoms with Crippen molar-refractivity contribution in [3.63, 3.8) is 0 Å². The molecular formula is C21H26N2OS. The summed E-state index contributed by atoms with van der Waals surface area (Å²) in [7, 11) is 0. The fourth-order valence-electron chi connectivity index (χ4n) is 3.28. The number of nitrogens with two attached hydrogens (primary N) is 1. The van der Waals surface area contributed by atoms with Crippen LogP contribution >= 0.6 is 11.8 Å². The van der Waals surface area contributed by atoms with Crippen LogP contribution in [-0.4, -0.2) is 12.5 Å². The van der Waals surface area contributed by atoms with Gasteiger partial charge in [0.1, 0.15) is 0 Å². The Balaban J connectivity index is 1.78. The van der Waals surface area contributed by atoms with Crippen molar-refractivity contribution in [1.29, 1.82) is 0 Å². The third-order valence-electron chi connectivity index (χ3n) is 4.65. The molecule has 0 fully saturated rings. The fraction of sp³-hybridized carbons (Fsp3) is 0.381. The molecule has 132 valence electrons. The molecule has 1 amide bonds. The topological polar surface area (TPSA) is 46.3 Å². The van der Waals surface area contributed by atoms with Gasteiger partial charge in [-0.25, -0.2) is 0 Å². The van der Waals surface area contributed by atoms with Crippen LogP contribution in [-0.2, 0) is 0 Å². The first kappa shape index (κ1) is 17.9. The quantitative estimate of drug-likeness (QED) is 0.614. The number of hydrogen-bond donors (Lipinski definition) is 1. The summed E-state index contributed by atoms with van der Waals surface area (Å²) in [5.41, 5.74) is 8.47. The molecule has 0 spiro atoms. The molecule has 2 aromatic carbocycles. The van der Waals surface area contributed by atoms with E-state index < -0.39 is 0 Å². The molecule has 4 heteroatoms. The van der Waals surface area contributed by atoms with Crippen molar-refractivity contribution in [3.8, 4) is 0 Å². The second-order valence-electron chi connectivity index (χ2n) is 6.54. The maximum Gasteiger partial charge on any atom is 0.248 e. The first-order chi connectivity index (χ1) is 12.2. The van der Waals surface area contributed by atoms with E-state index in [0.717, 1.165) is 11.4 Å². The fourth-order valence-corrected chi connectivity index (χ4v) is 4.41. The van der Waals surface area contributed by atoms with E-state index in [-0.39, 0.29) is 5.91 Å². The molecule has 2 aromatic rings. The summed E-state index contributed by atoms with van der Waals surface area (Å²) in [4.78, 5) is 16.3. The van der Waals surface area contributed by atoms with Crippen LogP contribution < -0.4 is 10.6 Å². The molecule has 25 heavy (non-hydrogen) atoms. The molecule has 2 N–H and O–H groups in total. The third-order valence-corrected chi connectivity index (χ3v) is 5.76. The number of unbranched alkanes of at least 4 members (excludes halogenated alkanes) is 5. The van der Waals surface area contributed by atoms with Crippen LogP contribution in [0.4, 0.5) is 11.4 Å².